The number of hydrogen-bond donors (Lipinski definition) is 2. The lowest BCUT2D eigenvalue weighted by atomic mass is 10.1. The number of hydrogen-bond acceptors (Lipinski definition) is 2. The maximum atomic E-state index is 10.9. The highest BCUT2D eigenvalue weighted by Crippen LogP contribution is 2.08. The Bertz CT molecular complexity index is 142. The number of rotatable bonds is 0. The van der Waals surface area contributed by atoms with Crippen LogP contribution < -0.4 is 10.6 Å². The minimum Gasteiger partial charge on any atom is -0.339 e. The van der Waals surface area contributed by atoms with Crippen LogP contribution >= 0.6 is 0 Å². The topological polar surface area (TPSA) is 41.1 Å². The Morgan fingerprint density at radius 1 is 1.56 bits per heavy atom. The van der Waals surface area contributed by atoms with Gasteiger partial charge < -0.3 is 5.32 Å². The average molecular weight is 128 g/mol. The van der Waals surface area contributed by atoms with Gasteiger partial charge in [0.25, 0.3) is 0 Å². The molecular weight excluding hydrogens is 116 g/mol. The zero-order valence-electron chi connectivity index (χ0n) is 5.99. The van der Waals surface area contributed by atoms with Crippen LogP contribution in [-0.4, -0.2) is 17.6 Å². The fourth-order valence-electron chi connectivity index (χ4n) is 1.02. The molecule has 3 nitrogen and oxygen atoms in total. The van der Waals surface area contributed by atoms with Gasteiger partial charge in [0.15, 0.2) is 0 Å². The predicted molar refractivity (Wildman–Crippen MR) is 34.8 cm³/mol. The van der Waals surface area contributed by atoms with Crippen LogP contribution in [0.15, 0.2) is 0 Å². The average Bonchev–Trinajstić information content (AvgIpc) is 1.79. The Morgan fingerprint density at radius 2 is 2.11 bits per heavy atom. The van der Waals surface area contributed by atoms with Crippen molar-refractivity contribution >= 4 is 5.91 Å². The van der Waals surface area contributed by atoms with E-state index in [0.717, 1.165) is 0 Å². The van der Waals surface area contributed by atoms with E-state index in [9.17, 15) is 4.79 Å². The van der Waals surface area contributed by atoms with E-state index in [2.05, 4.69) is 10.6 Å². The molecule has 0 aromatic rings. The normalized spacial score (nSPS) is 32.3. The molecule has 1 atom stereocenters. The second kappa shape index (κ2) is 1.70. The van der Waals surface area contributed by atoms with Gasteiger partial charge in [0.2, 0.25) is 5.91 Å². The quantitative estimate of drug-likeness (QED) is 0.475. The minimum atomic E-state index is -0.376. The van der Waals surface area contributed by atoms with E-state index >= 15 is 0 Å². The van der Waals surface area contributed by atoms with Gasteiger partial charge in [0.1, 0.15) is 0 Å². The van der Waals surface area contributed by atoms with E-state index in [4.69, 9.17) is 0 Å². The summed E-state index contributed by atoms with van der Waals surface area (Å²) in [6.07, 6.45) is 0.118. The third-order valence-corrected chi connectivity index (χ3v) is 1.49. The van der Waals surface area contributed by atoms with E-state index in [1.54, 1.807) is 0 Å². The lowest BCUT2D eigenvalue weighted by Gasteiger charge is -2.13. The smallest absolute Gasteiger partial charge is 0.240 e. The molecule has 3 heteroatoms. The Kier molecular flexibility index (Phi) is 1.24. The summed E-state index contributed by atoms with van der Waals surface area (Å²) >= 11 is 0. The van der Waals surface area contributed by atoms with Crippen LogP contribution in [0.3, 0.4) is 0 Å². The van der Waals surface area contributed by atoms with Crippen molar-refractivity contribution in [3.05, 3.63) is 0 Å². The molecular formula is C6H12N2O. The molecule has 2 N–H and O–H groups in total. The molecule has 0 spiro atoms. The highest BCUT2D eigenvalue weighted by Gasteiger charge is 2.35. The summed E-state index contributed by atoms with van der Waals surface area (Å²) in [7, 11) is 0. The highest BCUT2D eigenvalue weighted by molar-refractivity contribution is 5.87. The molecule has 1 aliphatic rings. The van der Waals surface area contributed by atoms with E-state index in [1.807, 2.05) is 20.8 Å². The van der Waals surface area contributed by atoms with Gasteiger partial charge >= 0.3 is 0 Å². The summed E-state index contributed by atoms with van der Waals surface area (Å²) in [5.74, 6) is 0.0787. The summed E-state index contributed by atoms with van der Waals surface area (Å²) in [6, 6.07) is 0. The van der Waals surface area contributed by atoms with Gasteiger partial charge in [-0.3, -0.25) is 10.1 Å². The van der Waals surface area contributed by atoms with Gasteiger partial charge in [0.05, 0.1) is 11.7 Å². The molecule has 1 fully saturated rings. The third kappa shape index (κ3) is 1.05. The molecule has 1 saturated heterocycles. The second-order valence-electron chi connectivity index (χ2n) is 2.96. The van der Waals surface area contributed by atoms with Crippen molar-refractivity contribution in [1.82, 2.24) is 10.6 Å². The first-order valence-electron chi connectivity index (χ1n) is 3.11. The number of nitrogens with one attached hydrogen (secondary N) is 2. The van der Waals surface area contributed by atoms with Gasteiger partial charge in [-0.15, -0.1) is 0 Å². The van der Waals surface area contributed by atoms with Crippen LogP contribution in [0.2, 0.25) is 0 Å². The van der Waals surface area contributed by atoms with Crippen LogP contribution in [0.1, 0.15) is 20.8 Å². The first-order valence-corrected chi connectivity index (χ1v) is 3.11. The van der Waals surface area contributed by atoms with Crippen LogP contribution in [0.25, 0.3) is 0 Å². The summed E-state index contributed by atoms with van der Waals surface area (Å²) in [4.78, 5) is 10.9. The fraction of sp³-hybridized carbons (Fsp3) is 0.833. The lowest BCUT2D eigenvalue weighted by Crippen LogP contribution is -2.40. The summed E-state index contributed by atoms with van der Waals surface area (Å²) in [5, 5.41) is 5.84. The molecule has 0 radical (unpaired) electrons. The monoisotopic (exact) mass is 128 g/mol. The largest absolute Gasteiger partial charge is 0.339 e. The highest BCUT2D eigenvalue weighted by atomic mass is 16.2. The molecule has 0 aliphatic carbocycles. The van der Waals surface area contributed by atoms with Crippen molar-refractivity contribution in [3.63, 3.8) is 0 Å². The molecule has 52 valence electrons. The van der Waals surface area contributed by atoms with Crippen molar-refractivity contribution in [3.8, 4) is 0 Å². The van der Waals surface area contributed by atoms with Gasteiger partial charge in [0, 0.05) is 0 Å². The summed E-state index contributed by atoms with van der Waals surface area (Å²) in [5.41, 5.74) is -0.376. The van der Waals surface area contributed by atoms with Gasteiger partial charge in [-0.1, -0.05) is 0 Å². The first-order chi connectivity index (χ1) is 4.02. The zero-order chi connectivity index (χ0) is 7.07. The molecule has 0 aromatic carbocycles. The molecule has 1 amide bonds. The third-order valence-electron chi connectivity index (χ3n) is 1.49. The van der Waals surface area contributed by atoms with E-state index in [1.165, 1.54) is 0 Å². The molecule has 9 heavy (non-hydrogen) atoms. The van der Waals surface area contributed by atoms with Gasteiger partial charge in [-0.05, 0) is 20.8 Å². The number of carbonyl (C=O) groups excluding carboxylic acids is 1. The Balaban J connectivity index is 2.70. The summed E-state index contributed by atoms with van der Waals surface area (Å²) in [6.45, 7) is 5.66. The van der Waals surface area contributed by atoms with Gasteiger partial charge in [-0.25, -0.2) is 0 Å². The second-order valence-corrected chi connectivity index (χ2v) is 2.96. The number of amides is 1. The maximum Gasteiger partial charge on any atom is 0.240 e. The standard InChI is InChI=1S/C6H12N2O/c1-4-7-5(9)6(2,3)8-4/h4,8H,1-3H3,(H,7,9). The number of carbonyl (C=O) groups is 1. The molecule has 1 heterocycles. The van der Waals surface area contributed by atoms with Crippen molar-refractivity contribution < 1.29 is 4.79 Å². The Morgan fingerprint density at radius 3 is 2.22 bits per heavy atom. The van der Waals surface area contributed by atoms with E-state index in [0.29, 0.717) is 0 Å². The van der Waals surface area contributed by atoms with Crippen LogP contribution in [-0.2, 0) is 4.79 Å². The molecule has 0 saturated carbocycles. The van der Waals surface area contributed by atoms with E-state index in [-0.39, 0.29) is 17.6 Å². The van der Waals surface area contributed by atoms with Gasteiger partial charge in [-0.2, -0.15) is 0 Å². The maximum absolute atomic E-state index is 10.9. The van der Waals surface area contributed by atoms with Crippen LogP contribution in [0, 0.1) is 0 Å². The Labute approximate surface area is 54.8 Å². The van der Waals surface area contributed by atoms with Crippen molar-refractivity contribution in [2.45, 2.75) is 32.5 Å². The van der Waals surface area contributed by atoms with Crippen molar-refractivity contribution in [1.29, 1.82) is 0 Å². The molecule has 1 aliphatic heterocycles. The zero-order valence-corrected chi connectivity index (χ0v) is 5.99. The van der Waals surface area contributed by atoms with Crippen molar-refractivity contribution in [2.75, 3.05) is 0 Å². The minimum absolute atomic E-state index is 0.0787. The van der Waals surface area contributed by atoms with Crippen LogP contribution in [0.4, 0.5) is 0 Å². The first kappa shape index (κ1) is 6.55. The summed E-state index contributed by atoms with van der Waals surface area (Å²) < 4.78 is 0. The fourth-order valence-corrected chi connectivity index (χ4v) is 1.02. The van der Waals surface area contributed by atoms with Crippen LogP contribution in [0.5, 0.6) is 0 Å². The van der Waals surface area contributed by atoms with E-state index < -0.39 is 0 Å². The van der Waals surface area contributed by atoms with Crippen molar-refractivity contribution in [2.24, 2.45) is 0 Å². The molecule has 1 rings (SSSR count). The molecule has 0 aromatic heterocycles. The lowest BCUT2D eigenvalue weighted by molar-refractivity contribution is -0.123. The molecule has 1 unspecified atom stereocenters. The Hall–Kier alpha value is -0.570. The predicted octanol–water partition coefficient (Wildman–Crippen LogP) is -0.170. The molecule has 0 bridgehead atoms. The SMILES string of the molecule is CC1NC(=O)C(C)(C)N1.